The molecule has 3 aliphatic rings. The van der Waals surface area contributed by atoms with Crippen molar-refractivity contribution < 1.29 is 28.9 Å². The Kier molecular flexibility index (Phi) is 4.90. The number of esters is 2. The van der Waals surface area contributed by atoms with Crippen LogP contribution in [-0.2, 0) is 23.8 Å². The van der Waals surface area contributed by atoms with E-state index in [-0.39, 0.29) is 29.6 Å². The highest BCUT2D eigenvalue weighted by atomic mass is 16.6. The van der Waals surface area contributed by atoms with E-state index in [0.717, 1.165) is 5.57 Å². The number of hydrogen-bond donors (Lipinski definition) is 1. The summed E-state index contributed by atoms with van der Waals surface area (Å²) >= 11 is 0. The van der Waals surface area contributed by atoms with Crippen molar-refractivity contribution in [3.05, 3.63) is 48.6 Å². The molecule has 2 saturated carbocycles. The van der Waals surface area contributed by atoms with Crippen LogP contribution in [0.1, 0.15) is 12.8 Å². The third kappa shape index (κ3) is 2.93. The van der Waals surface area contributed by atoms with Gasteiger partial charge in [-0.1, -0.05) is 31.9 Å². The first-order valence-electron chi connectivity index (χ1n) is 8.58. The Balaban J connectivity index is 1.92. The molecule has 140 valence electrons. The monoisotopic (exact) mass is 360 g/mol. The van der Waals surface area contributed by atoms with Gasteiger partial charge in [-0.15, -0.1) is 0 Å². The molecule has 0 amide bonds. The van der Waals surface area contributed by atoms with Crippen molar-refractivity contribution in [2.24, 2.45) is 17.8 Å². The zero-order valence-corrected chi connectivity index (χ0v) is 14.9. The first-order chi connectivity index (χ1) is 12.3. The van der Waals surface area contributed by atoms with Crippen LogP contribution < -0.4 is 0 Å². The normalized spacial score (nSPS) is 36.2. The van der Waals surface area contributed by atoms with Crippen LogP contribution in [0.3, 0.4) is 0 Å². The van der Waals surface area contributed by atoms with Gasteiger partial charge in [0.15, 0.2) is 0 Å². The fourth-order valence-electron chi connectivity index (χ4n) is 4.32. The van der Waals surface area contributed by atoms with Crippen molar-refractivity contribution >= 4 is 11.9 Å². The molecule has 1 aliphatic heterocycles. The summed E-state index contributed by atoms with van der Waals surface area (Å²) in [6.45, 7) is 15.7. The molecule has 0 bridgehead atoms. The maximum absolute atomic E-state index is 12.3. The molecular weight excluding hydrogens is 336 g/mol. The lowest BCUT2D eigenvalue weighted by atomic mass is 9.81. The van der Waals surface area contributed by atoms with E-state index < -0.39 is 36.2 Å². The predicted octanol–water partition coefficient (Wildman–Crippen LogP) is 1.71. The van der Waals surface area contributed by atoms with E-state index in [0.29, 0.717) is 18.4 Å². The summed E-state index contributed by atoms with van der Waals surface area (Å²) in [6.07, 6.45) is -1.02. The predicted molar refractivity (Wildman–Crippen MR) is 93.9 cm³/mol. The standard InChI is InChI=1S/C20H24O6/c1-9-6-15(25-19(22)10(2)8-24-5)17-12(4)20(23)26-18(17)16-11(3)14(21)7-13(9)16/h13-18,21H,1-4,6-8H2,5H3/t13-,14-,15-,16-,17+,18+/m0/s1. The molecule has 0 aromatic rings. The Morgan fingerprint density at radius 3 is 2.65 bits per heavy atom. The van der Waals surface area contributed by atoms with E-state index in [9.17, 15) is 14.7 Å². The van der Waals surface area contributed by atoms with Gasteiger partial charge in [-0.05, 0) is 17.9 Å². The number of methoxy groups -OCH3 is 1. The van der Waals surface area contributed by atoms with Crippen LogP contribution in [-0.4, -0.2) is 49.1 Å². The Bertz CT molecular complexity index is 705. The molecule has 1 heterocycles. The molecule has 1 saturated heterocycles. The van der Waals surface area contributed by atoms with Crippen molar-refractivity contribution in [1.29, 1.82) is 0 Å². The topological polar surface area (TPSA) is 82.1 Å². The summed E-state index contributed by atoms with van der Waals surface area (Å²) in [6, 6.07) is 0. The lowest BCUT2D eigenvalue weighted by Gasteiger charge is -2.28. The lowest BCUT2D eigenvalue weighted by molar-refractivity contribution is -0.148. The third-order valence-corrected chi connectivity index (χ3v) is 5.64. The van der Waals surface area contributed by atoms with Crippen LogP contribution in [0, 0.1) is 17.8 Å². The van der Waals surface area contributed by atoms with E-state index in [1.165, 1.54) is 7.11 Å². The van der Waals surface area contributed by atoms with Crippen molar-refractivity contribution in [3.8, 4) is 0 Å². The minimum atomic E-state index is -0.657. The van der Waals surface area contributed by atoms with Crippen molar-refractivity contribution in [1.82, 2.24) is 0 Å². The second-order valence-corrected chi connectivity index (χ2v) is 7.22. The first-order valence-corrected chi connectivity index (χ1v) is 8.58. The smallest absolute Gasteiger partial charge is 0.336 e. The molecule has 3 rings (SSSR count). The Labute approximate surface area is 152 Å². The quantitative estimate of drug-likeness (QED) is 0.467. The molecule has 0 aromatic carbocycles. The molecule has 2 aliphatic carbocycles. The van der Waals surface area contributed by atoms with Crippen LogP contribution in [0.5, 0.6) is 0 Å². The van der Waals surface area contributed by atoms with Gasteiger partial charge in [-0.25, -0.2) is 9.59 Å². The van der Waals surface area contributed by atoms with Crippen LogP contribution in [0.2, 0.25) is 0 Å². The zero-order valence-electron chi connectivity index (χ0n) is 14.9. The lowest BCUT2D eigenvalue weighted by Crippen LogP contribution is -2.36. The summed E-state index contributed by atoms with van der Waals surface area (Å²) in [5.74, 6) is -1.92. The van der Waals surface area contributed by atoms with E-state index >= 15 is 0 Å². The first kappa shape index (κ1) is 18.6. The highest BCUT2D eigenvalue weighted by Crippen LogP contribution is 2.52. The fraction of sp³-hybridized carbons (Fsp3) is 0.500. The van der Waals surface area contributed by atoms with Gasteiger partial charge in [0.2, 0.25) is 0 Å². The second kappa shape index (κ2) is 6.85. The molecule has 0 spiro atoms. The van der Waals surface area contributed by atoms with Crippen molar-refractivity contribution in [2.45, 2.75) is 31.2 Å². The summed E-state index contributed by atoms with van der Waals surface area (Å²) < 4.78 is 16.1. The van der Waals surface area contributed by atoms with E-state index in [2.05, 4.69) is 26.3 Å². The maximum atomic E-state index is 12.3. The molecule has 6 heteroatoms. The van der Waals surface area contributed by atoms with Gasteiger partial charge in [-0.2, -0.15) is 0 Å². The van der Waals surface area contributed by atoms with Crippen LogP contribution in [0.15, 0.2) is 48.6 Å². The number of ether oxygens (including phenoxy) is 3. The Hall–Kier alpha value is -2.18. The molecule has 6 nitrogen and oxygen atoms in total. The molecule has 26 heavy (non-hydrogen) atoms. The largest absolute Gasteiger partial charge is 0.458 e. The summed E-state index contributed by atoms with van der Waals surface area (Å²) in [5.41, 5.74) is 1.94. The number of aliphatic hydroxyl groups is 1. The molecule has 0 aromatic heterocycles. The van der Waals surface area contributed by atoms with Crippen molar-refractivity contribution in [2.75, 3.05) is 13.7 Å². The number of carbonyl (C=O) groups excluding carboxylic acids is 2. The van der Waals surface area contributed by atoms with Gasteiger partial charge < -0.3 is 19.3 Å². The molecule has 6 atom stereocenters. The second-order valence-electron chi connectivity index (χ2n) is 7.22. The SMILES string of the molecule is C=C(COC)C(=O)O[C@H]1CC(=C)[C@@H]2C[C@H](O)C(=C)[C@@H]2[C@H]2OC(=O)C(=C)[C@@H]21. The van der Waals surface area contributed by atoms with E-state index in [1.807, 2.05) is 0 Å². The van der Waals surface area contributed by atoms with E-state index in [1.54, 1.807) is 0 Å². The highest BCUT2D eigenvalue weighted by molar-refractivity contribution is 5.92. The molecular formula is C20H24O6. The molecule has 1 N–H and O–H groups in total. The number of rotatable bonds is 4. The average Bonchev–Trinajstić information content (AvgIpc) is 3.00. The van der Waals surface area contributed by atoms with Crippen LogP contribution >= 0.6 is 0 Å². The highest BCUT2D eigenvalue weighted by Gasteiger charge is 2.56. The number of carbonyl (C=O) groups is 2. The van der Waals surface area contributed by atoms with Gasteiger partial charge >= 0.3 is 11.9 Å². The number of aliphatic hydroxyl groups excluding tert-OH is 1. The van der Waals surface area contributed by atoms with Gasteiger partial charge in [0.1, 0.15) is 12.2 Å². The maximum Gasteiger partial charge on any atom is 0.336 e. The Morgan fingerprint density at radius 2 is 2.00 bits per heavy atom. The Morgan fingerprint density at radius 1 is 1.31 bits per heavy atom. The van der Waals surface area contributed by atoms with Crippen LogP contribution in [0.25, 0.3) is 0 Å². The zero-order chi connectivity index (χ0) is 19.2. The minimum absolute atomic E-state index is 0.0607. The van der Waals surface area contributed by atoms with Crippen molar-refractivity contribution in [3.63, 3.8) is 0 Å². The number of hydrogen-bond acceptors (Lipinski definition) is 6. The van der Waals surface area contributed by atoms with Gasteiger partial charge in [0.05, 0.1) is 24.2 Å². The molecule has 3 fully saturated rings. The third-order valence-electron chi connectivity index (χ3n) is 5.64. The van der Waals surface area contributed by atoms with Gasteiger partial charge in [0.25, 0.3) is 0 Å². The summed E-state index contributed by atoms with van der Waals surface area (Å²) in [7, 11) is 1.46. The van der Waals surface area contributed by atoms with Gasteiger partial charge in [-0.3, -0.25) is 0 Å². The average molecular weight is 360 g/mol. The summed E-state index contributed by atoms with van der Waals surface area (Å²) in [5, 5.41) is 10.2. The van der Waals surface area contributed by atoms with Gasteiger partial charge in [0, 0.05) is 25.0 Å². The molecule has 0 unspecified atom stereocenters. The van der Waals surface area contributed by atoms with E-state index in [4.69, 9.17) is 14.2 Å². The number of fused-ring (bicyclic) bond motifs is 3. The minimum Gasteiger partial charge on any atom is -0.458 e. The summed E-state index contributed by atoms with van der Waals surface area (Å²) in [4.78, 5) is 24.5. The van der Waals surface area contributed by atoms with Crippen LogP contribution in [0.4, 0.5) is 0 Å². The fourth-order valence-corrected chi connectivity index (χ4v) is 4.32. The molecule has 0 radical (unpaired) electrons.